The molecule has 2 aromatic rings. The van der Waals surface area contributed by atoms with Gasteiger partial charge in [-0.3, -0.25) is 0 Å². The number of thiophene rings is 1. The van der Waals surface area contributed by atoms with Crippen LogP contribution in [0.4, 0.5) is 0 Å². The van der Waals surface area contributed by atoms with Crippen LogP contribution < -0.4 is 0 Å². The van der Waals surface area contributed by atoms with E-state index in [1.165, 1.54) is 5.56 Å². The summed E-state index contributed by atoms with van der Waals surface area (Å²) in [6.45, 7) is 2.06. The van der Waals surface area contributed by atoms with Gasteiger partial charge in [-0.1, -0.05) is 35.9 Å². The Bertz CT molecular complexity index is 462. The second-order valence-electron chi connectivity index (χ2n) is 3.35. The van der Waals surface area contributed by atoms with Crippen LogP contribution >= 0.6 is 34.5 Å². The average molecular weight is 257 g/mol. The second kappa shape index (κ2) is 4.56. The van der Waals surface area contributed by atoms with Crippen LogP contribution in [0.15, 0.2) is 35.7 Å². The van der Waals surface area contributed by atoms with E-state index in [9.17, 15) is 0 Å². The van der Waals surface area contributed by atoms with Crippen molar-refractivity contribution in [1.29, 1.82) is 0 Å². The number of rotatable bonds is 2. The molecule has 1 aromatic heterocycles. The molecule has 2 rings (SSSR count). The number of alkyl halides is 1. The molecule has 1 aromatic carbocycles. The maximum atomic E-state index is 6.41. The van der Waals surface area contributed by atoms with Gasteiger partial charge in [0.05, 0.1) is 10.4 Å². The van der Waals surface area contributed by atoms with Crippen LogP contribution in [0.2, 0.25) is 5.02 Å². The molecule has 0 N–H and O–H groups in total. The highest BCUT2D eigenvalue weighted by molar-refractivity contribution is 7.11. The third-order valence-corrected chi connectivity index (χ3v) is 4.34. The van der Waals surface area contributed by atoms with Crippen LogP contribution in [-0.4, -0.2) is 0 Å². The van der Waals surface area contributed by atoms with Gasteiger partial charge in [-0.25, -0.2) is 0 Å². The van der Waals surface area contributed by atoms with Gasteiger partial charge in [-0.15, -0.1) is 22.9 Å². The van der Waals surface area contributed by atoms with Gasteiger partial charge in [0.2, 0.25) is 0 Å². The van der Waals surface area contributed by atoms with E-state index < -0.39 is 0 Å². The molecule has 3 heteroatoms. The lowest BCUT2D eigenvalue weighted by atomic mass is 10.0. The zero-order chi connectivity index (χ0) is 10.8. The fourth-order valence-corrected chi connectivity index (χ4v) is 3.23. The molecule has 15 heavy (non-hydrogen) atoms. The smallest absolute Gasteiger partial charge is 0.0945 e. The summed E-state index contributed by atoms with van der Waals surface area (Å²) in [6.07, 6.45) is 0. The van der Waals surface area contributed by atoms with Crippen molar-refractivity contribution < 1.29 is 0 Å². The van der Waals surface area contributed by atoms with Gasteiger partial charge < -0.3 is 0 Å². The zero-order valence-electron chi connectivity index (χ0n) is 8.21. The number of aryl methyl sites for hydroxylation is 1. The summed E-state index contributed by atoms with van der Waals surface area (Å²) in [6, 6.07) is 10.0. The minimum absolute atomic E-state index is 0.140. The molecular formula is C12H10Cl2S. The zero-order valence-corrected chi connectivity index (χ0v) is 10.5. The Labute approximate surface area is 103 Å². The molecule has 0 fully saturated rings. The highest BCUT2D eigenvalue weighted by Crippen LogP contribution is 2.38. The first-order valence-electron chi connectivity index (χ1n) is 4.62. The molecule has 0 radical (unpaired) electrons. The summed E-state index contributed by atoms with van der Waals surface area (Å²) in [5.74, 6) is 0. The van der Waals surface area contributed by atoms with E-state index in [1.54, 1.807) is 11.3 Å². The minimum Gasteiger partial charge on any atom is -0.145 e. The van der Waals surface area contributed by atoms with E-state index >= 15 is 0 Å². The van der Waals surface area contributed by atoms with Gasteiger partial charge in [0.1, 0.15) is 0 Å². The third kappa shape index (κ3) is 2.20. The molecule has 0 saturated carbocycles. The van der Waals surface area contributed by atoms with Crippen molar-refractivity contribution >= 4 is 34.5 Å². The number of hydrogen-bond donors (Lipinski definition) is 0. The number of hydrogen-bond acceptors (Lipinski definition) is 1. The van der Waals surface area contributed by atoms with Gasteiger partial charge in [0.15, 0.2) is 0 Å². The Morgan fingerprint density at radius 3 is 2.53 bits per heavy atom. The predicted molar refractivity (Wildman–Crippen MR) is 68.2 cm³/mol. The minimum atomic E-state index is -0.140. The van der Waals surface area contributed by atoms with Crippen molar-refractivity contribution in [2.75, 3.05) is 0 Å². The first-order valence-corrected chi connectivity index (χ1v) is 6.32. The van der Waals surface area contributed by atoms with Crippen LogP contribution in [0.1, 0.15) is 21.4 Å². The molecule has 0 nitrogen and oxygen atoms in total. The topological polar surface area (TPSA) is 0 Å². The van der Waals surface area contributed by atoms with Crippen molar-refractivity contribution in [2.24, 2.45) is 0 Å². The standard InChI is InChI=1S/C12H10Cl2S/c1-8-4-2-3-5-9(8)11(14)12-10(13)6-7-15-12/h2-7,11H,1H3. The van der Waals surface area contributed by atoms with Crippen molar-refractivity contribution in [3.05, 3.63) is 56.7 Å². The summed E-state index contributed by atoms with van der Waals surface area (Å²) in [5, 5.41) is 2.58. The Morgan fingerprint density at radius 1 is 1.20 bits per heavy atom. The summed E-state index contributed by atoms with van der Waals surface area (Å²) in [5.41, 5.74) is 2.32. The SMILES string of the molecule is Cc1ccccc1C(Cl)c1sccc1Cl. The van der Waals surface area contributed by atoms with Crippen LogP contribution in [-0.2, 0) is 0 Å². The van der Waals surface area contributed by atoms with E-state index in [4.69, 9.17) is 23.2 Å². The summed E-state index contributed by atoms with van der Waals surface area (Å²) >= 11 is 14.1. The molecule has 0 aliphatic carbocycles. The largest absolute Gasteiger partial charge is 0.145 e. The molecule has 78 valence electrons. The predicted octanol–water partition coefficient (Wildman–Crippen LogP) is 5.04. The first kappa shape index (κ1) is 11.0. The quantitative estimate of drug-likeness (QED) is 0.661. The summed E-state index contributed by atoms with van der Waals surface area (Å²) in [4.78, 5) is 1.02. The van der Waals surface area contributed by atoms with Crippen molar-refractivity contribution in [1.82, 2.24) is 0 Å². The Balaban J connectivity index is 2.41. The Hall–Kier alpha value is -0.500. The number of benzene rings is 1. The molecular weight excluding hydrogens is 247 g/mol. The molecule has 0 saturated heterocycles. The van der Waals surface area contributed by atoms with Crippen molar-refractivity contribution in [2.45, 2.75) is 12.3 Å². The van der Waals surface area contributed by atoms with E-state index in [0.717, 1.165) is 15.5 Å². The molecule has 0 aliphatic heterocycles. The molecule has 0 aliphatic rings. The summed E-state index contributed by atoms with van der Waals surface area (Å²) in [7, 11) is 0. The highest BCUT2D eigenvalue weighted by Gasteiger charge is 2.16. The number of halogens is 2. The van der Waals surface area contributed by atoms with Gasteiger partial charge in [-0.05, 0) is 29.5 Å². The van der Waals surface area contributed by atoms with Gasteiger partial charge in [0, 0.05) is 4.88 Å². The van der Waals surface area contributed by atoms with E-state index in [1.807, 2.05) is 29.6 Å². The maximum absolute atomic E-state index is 6.41. The Morgan fingerprint density at radius 2 is 1.93 bits per heavy atom. The lowest BCUT2D eigenvalue weighted by Crippen LogP contribution is -1.93. The lowest BCUT2D eigenvalue weighted by Gasteiger charge is -2.11. The maximum Gasteiger partial charge on any atom is 0.0945 e. The molecule has 1 atom stereocenters. The van der Waals surface area contributed by atoms with Gasteiger partial charge >= 0.3 is 0 Å². The van der Waals surface area contributed by atoms with Crippen LogP contribution in [0.25, 0.3) is 0 Å². The molecule has 1 heterocycles. The second-order valence-corrected chi connectivity index (χ2v) is 5.14. The van der Waals surface area contributed by atoms with Crippen molar-refractivity contribution in [3.63, 3.8) is 0 Å². The normalized spacial score (nSPS) is 12.7. The molecule has 0 bridgehead atoms. The van der Waals surface area contributed by atoms with Crippen LogP contribution in [0.3, 0.4) is 0 Å². The van der Waals surface area contributed by atoms with E-state index in [2.05, 4.69) is 13.0 Å². The molecule has 1 unspecified atom stereocenters. The first-order chi connectivity index (χ1) is 7.20. The van der Waals surface area contributed by atoms with Crippen LogP contribution in [0.5, 0.6) is 0 Å². The molecule has 0 spiro atoms. The van der Waals surface area contributed by atoms with E-state index in [0.29, 0.717) is 0 Å². The van der Waals surface area contributed by atoms with Gasteiger partial charge in [0.25, 0.3) is 0 Å². The van der Waals surface area contributed by atoms with Crippen molar-refractivity contribution in [3.8, 4) is 0 Å². The average Bonchev–Trinajstić information content (AvgIpc) is 2.64. The Kier molecular flexibility index (Phi) is 3.35. The van der Waals surface area contributed by atoms with E-state index in [-0.39, 0.29) is 5.38 Å². The monoisotopic (exact) mass is 256 g/mol. The fraction of sp³-hybridized carbons (Fsp3) is 0.167. The van der Waals surface area contributed by atoms with Crippen LogP contribution in [0, 0.1) is 6.92 Å². The van der Waals surface area contributed by atoms with Gasteiger partial charge in [-0.2, -0.15) is 0 Å². The highest BCUT2D eigenvalue weighted by atomic mass is 35.5. The third-order valence-electron chi connectivity index (χ3n) is 2.34. The molecule has 0 amide bonds. The summed E-state index contributed by atoms with van der Waals surface area (Å²) < 4.78 is 0. The fourth-order valence-electron chi connectivity index (χ4n) is 1.50. The lowest BCUT2D eigenvalue weighted by molar-refractivity contribution is 1.15.